The Balaban J connectivity index is 2.15. The number of amides is 2. The van der Waals surface area contributed by atoms with Crippen molar-refractivity contribution in [1.29, 1.82) is 0 Å². The van der Waals surface area contributed by atoms with Crippen LogP contribution in [-0.4, -0.2) is 18.4 Å². The third-order valence-electron chi connectivity index (χ3n) is 4.11. The zero-order valence-corrected chi connectivity index (χ0v) is 15.7. The lowest BCUT2D eigenvalue weighted by molar-refractivity contribution is -0.119. The lowest BCUT2D eigenvalue weighted by atomic mass is 9.94. The van der Waals surface area contributed by atoms with Crippen LogP contribution in [0.5, 0.6) is 5.75 Å². The molecule has 0 radical (unpaired) electrons. The van der Waals surface area contributed by atoms with Crippen LogP contribution >= 0.6 is 0 Å². The topological polar surface area (TPSA) is 81.4 Å². The molecule has 3 N–H and O–H groups in total. The van der Waals surface area contributed by atoms with Crippen LogP contribution in [-0.2, 0) is 4.79 Å². The van der Waals surface area contributed by atoms with Crippen molar-refractivity contribution < 1.29 is 14.3 Å². The summed E-state index contributed by atoms with van der Waals surface area (Å²) in [6, 6.07) is 12.8. The molecule has 138 valence electrons. The van der Waals surface area contributed by atoms with E-state index >= 15 is 0 Å². The number of hydrogen-bond donors (Lipinski definition) is 2. The first kappa shape index (κ1) is 19.5. The highest BCUT2D eigenvalue weighted by molar-refractivity contribution is 6.04. The highest BCUT2D eigenvalue weighted by Gasteiger charge is 2.13. The van der Waals surface area contributed by atoms with Crippen molar-refractivity contribution >= 4 is 17.5 Å². The number of primary amides is 1. The third-order valence-corrected chi connectivity index (χ3v) is 4.11. The number of carbonyl (C=O) groups is 2. The molecule has 0 saturated heterocycles. The normalized spacial score (nSPS) is 10.8. The molecule has 26 heavy (non-hydrogen) atoms. The molecular weight excluding hydrogens is 328 g/mol. The maximum Gasteiger partial charge on any atom is 0.255 e. The molecule has 0 aliphatic carbocycles. The summed E-state index contributed by atoms with van der Waals surface area (Å²) in [5.74, 6) is 0.492. The van der Waals surface area contributed by atoms with E-state index in [1.807, 2.05) is 12.1 Å². The predicted octanol–water partition coefficient (Wildman–Crippen LogP) is 4.05. The van der Waals surface area contributed by atoms with Crippen LogP contribution in [0.25, 0.3) is 0 Å². The fourth-order valence-corrected chi connectivity index (χ4v) is 2.58. The van der Waals surface area contributed by atoms with E-state index in [4.69, 9.17) is 10.5 Å². The van der Waals surface area contributed by atoms with Crippen molar-refractivity contribution in [1.82, 2.24) is 0 Å². The van der Waals surface area contributed by atoms with Crippen LogP contribution in [0.15, 0.2) is 42.5 Å². The van der Waals surface area contributed by atoms with Crippen LogP contribution in [0.4, 0.5) is 5.69 Å². The van der Waals surface area contributed by atoms with Gasteiger partial charge in [-0.1, -0.05) is 39.8 Å². The van der Waals surface area contributed by atoms with Crippen molar-refractivity contribution in [2.45, 2.75) is 39.5 Å². The van der Waals surface area contributed by atoms with Crippen LogP contribution in [0.3, 0.4) is 0 Å². The van der Waals surface area contributed by atoms with Gasteiger partial charge in [-0.05, 0) is 53.3 Å². The highest BCUT2D eigenvalue weighted by Crippen LogP contribution is 2.29. The van der Waals surface area contributed by atoms with Gasteiger partial charge in [0.25, 0.3) is 11.8 Å². The Morgan fingerprint density at radius 3 is 2.19 bits per heavy atom. The van der Waals surface area contributed by atoms with Gasteiger partial charge in [0.05, 0.1) is 0 Å². The zero-order valence-electron chi connectivity index (χ0n) is 15.7. The van der Waals surface area contributed by atoms with Crippen LogP contribution in [0.2, 0.25) is 0 Å². The maximum absolute atomic E-state index is 12.6. The molecule has 5 nitrogen and oxygen atoms in total. The molecule has 0 heterocycles. The Bertz CT molecular complexity index is 780. The molecule has 2 amide bonds. The monoisotopic (exact) mass is 354 g/mol. The minimum Gasteiger partial charge on any atom is -0.484 e. The van der Waals surface area contributed by atoms with E-state index in [1.54, 1.807) is 24.3 Å². The fourth-order valence-electron chi connectivity index (χ4n) is 2.58. The Kier molecular flexibility index (Phi) is 6.39. The molecule has 2 aromatic carbocycles. The number of nitrogens with one attached hydrogen (secondary N) is 1. The van der Waals surface area contributed by atoms with E-state index in [0.717, 1.165) is 11.3 Å². The quantitative estimate of drug-likeness (QED) is 0.787. The van der Waals surface area contributed by atoms with E-state index in [2.05, 4.69) is 39.1 Å². The van der Waals surface area contributed by atoms with Gasteiger partial charge in [0, 0.05) is 11.3 Å². The smallest absolute Gasteiger partial charge is 0.255 e. The summed E-state index contributed by atoms with van der Waals surface area (Å²) in [5, 5.41) is 2.99. The molecule has 0 bridgehead atoms. The van der Waals surface area contributed by atoms with Gasteiger partial charge in [-0.25, -0.2) is 0 Å². The molecule has 0 spiro atoms. The van der Waals surface area contributed by atoms with Gasteiger partial charge in [0.2, 0.25) is 0 Å². The van der Waals surface area contributed by atoms with Gasteiger partial charge in [-0.15, -0.1) is 0 Å². The number of carbonyl (C=O) groups excluding carboxylic acids is 2. The first-order valence-electron chi connectivity index (χ1n) is 8.74. The number of benzene rings is 2. The molecule has 5 heteroatoms. The van der Waals surface area contributed by atoms with Crippen LogP contribution < -0.4 is 15.8 Å². The van der Waals surface area contributed by atoms with Gasteiger partial charge < -0.3 is 15.8 Å². The second-order valence-corrected chi connectivity index (χ2v) is 6.89. The van der Waals surface area contributed by atoms with Gasteiger partial charge in [0.15, 0.2) is 6.61 Å². The minimum absolute atomic E-state index is 0.189. The summed E-state index contributed by atoms with van der Waals surface area (Å²) in [7, 11) is 0. The average Bonchev–Trinajstić information content (AvgIpc) is 2.60. The second kappa shape index (κ2) is 8.52. The molecule has 0 fully saturated rings. The van der Waals surface area contributed by atoms with Gasteiger partial charge in [0.1, 0.15) is 5.75 Å². The summed E-state index contributed by atoms with van der Waals surface area (Å²) in [6.45, 7) is 8.34. The predicted molar refractivity (Wildman–Crippen MR) is 104 cm³/mol. The van der Waals surface area contributed by atoms with Crippen LogP contribution in [0.1, 0.15) is 61.0 Å². The number of hydrogen-bond acceptors (Lipinski definition) is 3. The van der Waals surface area contributed by atoms with Crippen molar-refractivity contribution in [2.24, 2.45) is 5.73 Å². The van der Waals surface area contributed by atoms with E-state index in [1.165, 1.54) is 5.56 Å². The molecule has 0 saturated carbocycles. The Morgan fingerprint density at radius 2 is 1.65 bits per heavy atom. The van der Waals surface area contributed by atoms with Gasteiger partial charge >= 0.3 is 0 Å². The molecule has 0 aromatic heterocycles. The zero-order chi connectivity index (χ0) is 19.3. The minimum atomic E-state index is -0.544. The number of rotatable bonds is 7. The molecule has 0 aliphatic rings. The first-order valence-corrected chi connectivity index (χ1v) is 8.74. The molecule has 2 aromatic rings. The van der Waals surface area contributed by atoms with Crippen LogP contribution in [0, 0.1) is 0 Å². The fraction of sp³-hybridized carbons (Fsp3) is 0.333. The van der Waals surface area contributed by atoms with Crippen molar-refractivity contribution in [3.8, 4) is 5.75 Å². The third kappa shape index (κ3) is 5.09. The first-order chi connectivity index (χ1) is 12.3. The van der Waals surface area contributed by atoms with Gasteiger partial charge in [-0.3, -0.25) is 9.59 Å². The lowest BCUT2D eigenvalue weighted by Gasteiger charge is -2.17. The van der Waals surface area contributed by atoms with Crippen molar-refractivity contribution in [3.63, 3.8) is 0 Å². The molecule has 0 atom stereocenters. The molecule has 0 unspecified atom stereocenters. The highest BCUT2D eigenvalue weighted by atomic mass is 16.5. The maximum atomic E-state index is 12.6. The number of nitrogens with two attached hydrogens (primary N) is 1. The number of ether oxygens (including phenoxy) is 1. The molecular formula is C21H26N2O3. The Morgan fingerprint density at radius 1 is 1.00 bits per heavy atom. The largest absolute Gasteiger partial charge is 0.484 e. The van der Waals surface area contributed by atoms with E-state index in [-0.39, 0.29) is 12.5 Å². The Labute approximate surface area is 154 Å². The van der Waals surface area contributed by atoms with Crippen molar-refractivity contribution in [2.75, 3.05) is 11.9 Å². The molecule has 2 rings (SSSR count). The molecule has 0 aliphatic heterocycles. The van der Waals surface area contributed by atoms with E-state index < -0.39 is 5.91 Å². The number of anilines is 1. The standard InChI is InChI=1S/C21H26N2O3/c1-13(2)16-7-10-19(18(11-16)14(3)4)23-21(25)15-5-8-17(9-6-15)26-12-20(22)24/h5-11,13-14H,12H2,1-4H3,(H2,22,24)(H,23,25). The summed E-state index contributed by atoms with van der Waals surface area (Å²) in [6.07, 6.45) is 0. The summed E-state index contributed by atoms with van der Waals surface area (Å²) >= 11 is 0. The summed E-state index contributed by atoms with van der Waals surface area (Å²) < 4.78 is 5.20. The summed E-state index contributed by atoms with van der Waals surface area (Å²) in [4.78, 5) is 23.3. The lowest BCUT2D eigenvalue weighted by Crippen LogP contribution is -2.20. The second-order valence-electron chi connectivity index (χ2n) is 6.89. The van der Waals surface area contributed by atoms with E-state index in [9.17, 15) is 9.59 Å². The van der Waals surface area contributed by atoms with E-state index in [0.29, 0.717) is 23.1 Å². The Hall–Kier alpha value is -2.82. The summed E-state index contributed by atoms with van der Waals surface area (Å²) in [5.41, 5.74) is 8.75. The van der Waals surface area contributed by atoms with Crippen molar-refractivity contribution in [3.05, 3.63) is 59.2 Å². The van der Waals surface area contributed by atoms with Gasteiger partial charge in [-0.2, -0.15) is 0 Å². The SMILES string of the molecule is CC(C)c1ccc(NC(=O)c2ccc(OCC(N)=O)cc2)c(C(C)C)c1. The average molecular weight is 354 g/mol.